The van der Waals surface area contributed by atoms with Gasteiger partial charge < -0.3 is 10.5 Å². The quantitative estimate of drug-likeness (QED) is 0.868. The second-order valence-corrected chi connectivity index (χ2v) is 5.96. The molecule has 98 valence electrons. The fourth-order valence-corrected chi connectivity index (χ4v) is 3.74. The fourth-order valence-electron chi connectivity index (χ4n) is 3.74. The van der Waals surface area contributed by atoms with Crippen LogP contribution < -0.4 is 10.5 Å². The number of nitrogens with two attached hydrogens (primary N) is 1. The molecule has 1 aliphatic heterocycles. The lowest BCUT2D eigenvalue weighted by molar-refractivity contribution is 0.254. The molecule has 0 spiro atoms. The molecule has 1 heterocycles. The van der Waals surface area contributed by atoms with Crippen molar-refractivity contribution in [1.29, 1.82) is 0 Å². The Morgan fingerprint density at radius 3 is 2.78 bits per heavy atom. The largest absolute Gasteiger partial charge is 0.490 e. The molecule has 1 aromatic carbocycles. The number of rotatable bonds is 2. The molecule has 1 unspecified atom stereocenters. The van der Waals surface area contributed by atoms with Gasteiger partial charge in [-0.3, -0.25) is 0 Å². The molecular formula is C16H23NO. The number of hydrogen-bond acceptors (Lipinski definition) is 2. The minimum Gasteiger partial charge on any atom is -0.490 e. The van der Waals surface area contributed by atoms with Crippen molar-refractivity contribution in [1.82, 2.24) is 0 Å². The molecule has 3 rings (SSSR count). The first kappa shape index (κ1) is 12.0. The summed E-state index contributed by atoms with van der Waals surface area (Å²) in [6.45, 7) is 2.93. The van der Waals surface area contributed by atoms with Crippen molar-refractivity contribution < 1.29 is 4.74 Å². The highest BCUT2D eigenvalue weighted by molar-refractivity contribution is 5.47. The second-order valence-electron chi connectivity index (χ2n) is 5.96. The number of ether oxygens (including phenoxy) is 1. The van der Waals surface area contributed by atoms with E-state index < -0.39 is 0 Å². The molecule has 0 bridgehead atoms. The van der Waals surface area contributed by atoms with Gasteiger partial charge in [0.25, 0.3) is 0 Å². The van der Waals surface area contributed by atoms with Gasteiger partial charge in [0.15, 0.2) is 0 Å². The van der Waals surface area contributed by atoms with Crippen LogP contribution in [0.3, 0.4) is 0 Å². The molecule has 1 atom stereocenters. The van der Waals surface area contributed by atoms with Gasteiger partial charge in [0.05, 0.1) is 0 Å². The van der Waals surface area contributed by atoms with Gasteiger partial charge in [-0.2, -0.15) is 0 Å². The van der Waals surface area contributed by atoms with Crippen LogP contribution in [0.2, 0.25) is 0 Å². The van der Waals surface area contributed by atoms with Crippen molar-refractivity contribution >= 4 is 0 Å². The zero-order valence-corrected chi connectivity index (χ0v) is 11.2. The maximum absolute atomic E-state index is 6.16. The molecule has 2 nitrogen and oxygen atoms in total. The Balaban J connectivity index is 2.03. The van der Waals surface area contributed by atoms with Gasteiger partial charge >= 0.3 is 0 Å². The van der Waals surface area contributed by atoms with Crippen molar-refractivity contribution in [3.63, 3.8) is 0 Å². The van der Waals surface area contributed by atoms with Crippen molar-refractivity contribution in [2.24, 2.45) is 5.73 Å². The van der Waals surface area contributed by atoms with E-state index in [0.29, 0.717) is 6.10 Å². The first-order chi connectivity index (χ1) is 8.75. The van der Waals surface area contributed by atoms with Crippen LogP contribution in [0.5, 0.6) is 5.75 Å². The van der Waals surface area contributed by atoms with E-state index >= 15 is 0 Å². The van der Waals surface area contributed by atoms with Crippen LogP contribution in [-0.4, -0.2) is 12.6 Å². The first-order valence-corrected chi connectivity index (χ1v) is 7.24. The zero-order valence-electron chi connectivity index (χ0n) is 11.2. The standard InChI is InChI=1S/C16H23NO/c1-12-10-13-14(6-5-7-15(13)18-12)16(11-17)8-3-2-4-9-16/h5-7,12H,2-4,8-11,17H2,1H3. The maximum Gasteiger partial charge on any atom is 0.123 e. The summed E-state index contributed by atoms with van der Waals surface area (Å²) in [4.78, 5) is 0. The van der Waals surface area contributed by atoms with E-state index in [1.165, 1.54) is 43.2 Å². The van der Waals surface area contributed by atoms with E-state index in [-0.39, 0.29) is 5.41 Å². The molecule has 2 N–H and O–H groups in total. The SMILES string of the molecule is CC1Cc2c(cccc2C2(CN)CCCCC2)O1. The van der Waals surface area contributed by atoms with Gasteiger partial charge in [0.1, 0.15) is 11.9 Å². The summed E-state index contributed by atoms with van der Waals surface area (Å²) in [5, 5.41) is 0. The highest BCUT2D eigenvalue weighted by Gasteiger charge is 2.36. The first-order valence-electron chi connectivity index (χ1n) is 7.24. The molecule has 18 heavy (non-hydrogen) atoms. The molecule has 1 fully saturated rings. The summed E-state index contributed by atoms with van der Waals surface area (Å²) >= 11 is 0. The summed E-state index contributed by atoms with van der Waals surface area (Å²) in [6.07, 6.45) is 7.85. The molecule has 0 aromatic heterocycles. The monoisotopic (exact) mass is 245 g/mol. The predicted octanol–water partition coefficient (Wildman–Crippen LogP) is 3.17. The van der Waals surface area contributed by atoms with Crippen LogP contribution in [0.4, 0.5) is 0 Å². The Morgan fingerprint density at radius 2 is 2.06 bits per heavy atom. The van der Waals surface area contributed by atoms with Gasteiger partial charge in [0.2, 0.25) is 0 Å². The van der Waals surface area contributed by atoms with Crippen LogP contribution in [0.25, 0.3) is 0 Å². The molecular weight excluding hydrogens is 222 g/mol. The average Bonchev–Trinajstić information content (AvgIpc) is 2.79. The van der Waals surface area contributed by atoms with Gasteiger partial charge in [-0.25, -0.2) is 0 Å². The lowest BCUT2D eigenvalue weighted by Crippen LogP contribution is -2.37. The van der Waals surface area contributed by atoms with E-state index in [0.717, 1.165) is 18.7 Å². The Bertz CT molecular complexity index is 435. The maximum atomic E-state index is 6.16. The number of fused-ring (bicyclic) bond motifs is 1. The van der Waals surface area contributed by atoms with Crippen LogP contribution in [0.15, 0.2) is 18.2 Å². The lowest BCUT2D eigenvalue weighted by Gasteiger charge is -2.38. The molecule has 2 heteroatoms. The van der Waals surface area contributed by atoms with Crippen molar-refractivity contribution in [2.75, 3.05) is 6.54 Å². The molecule has 1 aromatic rings. The lowest BCUT2D eigenvalue weighted by atomic mass is 9.68. The summed E-state index contributed by atoms with van der Waals surface area (Å²) in [5.41, 5.74) is 9.28. The molecule has 1 saturated carbocycles. The fraction of sp³-hybridized carbons (Fsp3) is 0.625. The van der Waals surface area contributed by atoms with E-state index in [1.807, 2.05) is 0 Å². The van der Waals surface area contributed by atoms with E-state index in [9.17, 15) is 0 Å². The minimum atomic E-state index is 0.219. The molecule has 1 aliphatic carbocycles. The summed E-state index contributed by atoms with van der Waals surface area (Å²) in [6, 6.07) is 6.53. The highest BCUT2D eigenvalue weighted by Crippen LogP contribution is 2.44. The van der Waals surface area contributed by atoms with Gasteiger partial charge in [-0.15, -0.1) is 0 Å². The second kappa shape index (κ2) is 4.58. The average molecular weight is 245 g/mol. The molecule has 2 aliphatic rings. The zero-order chi connectivity index (χ0) is 12.6. The van der Waals surface area contributed by atoms with Crippen LogP contribution in [0.1, 0.15) is 50.2 Å². The Morgan fingerprint density at radius 1 is 1.28 bits per heavy atom. The third-order valence-electron chi connectivity index (χ3n) is 4.73. The molecule has 0 saturated heterocycles. The third-order valence-corrected chi connectivity index (χ3v) is 4.73. The highest BCUT2D eigenvalue weighted by atomic mass is 16.5. The third kappa shape index (κ3) is 1.83. The van der Waals surface area contributed by atoms with Gasteiger partial charge in [-0.05, 0) is 31.4 Å². The van der Waals surface area contributed by atoms with Crippen LogP contribution in [-0.2, 0) is 11.8 Å². The topological polar surface area (TPSA) is 35.2 Å². The number of benzene rings is 1. The predicted molar refractivity (Wildman–Crippen MR) is 74.1 cm³/mol. The van der Waals surface area contributed by atoms with Crippen molar-refractivity contribution in [3.8, 4) is 5.75 Å². The van der Waals surface area contributed by atoms with Crippen LogP contribution >= 0.6 is 0 Å². The smallest absolute Gasteiger partial charge is 0.123 e. The van der Waals surface area contributed by atoms with E-state index in [1.54, 1.807) is 0 Å². The Labute approximate surface area is 110 Å². The normalized spacial score (nSPS) is 25.6. The summed E-state index contributed by atoms with van der Waals surface area (Å²) in [7, 11) is 0. The van der Waals surface area contributed by atoms with Crippen molar-refractivity contribution in [3.05, 3.63) is 29.3 Å². The van der Waals surface area contributed by atoms with E-state index in [4.69, 9.17) is 10.5 Å². The van der Waals surface area contributed by atoms with Crippen molar-refractivity contribution in [2.45, 2.75) is 57.0 Å². The van der Waals surface area contributed by atoms with Gasteiger partial charge in [0, 0.05) is 23.9 Å². The van der Waals surface area contributed by atoms with Crippen LogP contribution in [0, 0.1) is 0 Å². The molecule has 0 radical (unpaired) electrons. The van der Waals surface area contributed by atoms with E-state index in [2.05, 4.69) is 25.1 Å². The molecule has 0 amide bonds. The summed E-state index contributed by atoms with van der Waals surface area (Å²) in [5.74, 6) is 1.10. The summed E-state index contributed by atoms with van der Waals surface area (Å²) < 4.78 is 5.89. The Kier molecular flexibility index (Phi) is 3.06. The Hall–Kier alpha value is -1.02. The van der Waals surface area contributed by atoms with Gasteiger partial charge in [-0.1, -0.05) is 31.4 Å². The number of hydrogen-bond donors (Lipinski definition) is 1. The minimum absolute atomic E-state index is 0.219.